The van der Waals surface area contributed by atoms with Crippen molar-refractivity contribution in [2.45, 2.75) is 19.9 Å². The number of benzene rings is 2. The van der Waals surface area contributed by atoms with Crippen LogP contribution in [-0.2, 0) is 17.8 Å². The number of nitrogens with one attached hydrogen (secondary N) is 1. The van der Waals surface area contributed by atoms with Gasteiger partial charge in [-0.05, 0) is 18.6 Å². The molecule has 1 amide bonds. The largest absolute Gasteiger partial charge is 0.352 e. The maximum atomic E-state index is 13.6. The fourth-order valence-corrected chi connectivity index (χ4v) is 3.23. The van der Waals surface area contributed by atoms with E-state index in [1.807, 2.05) is 36.6 Å². The molecule has 1 N–H and O–H groups in total. The molecule has 0 saturated carbocycles. The van der Waals surface area contributed by atoms with Gasteiger partial charge in [-0.1, -0.05) is 30.3 Å². The van der Waals surface area contributed by atoms with E-state index in [9.17, 15) is 13.6 Å². The third-order valence-corrected chi connectivity index (χ3v) is 4.62. The first kappa shape index (κ1) is 17.2. The number of aromatic nitrogens is 1. The number of nitrogens with zero attached hydrogens (tertiary/aromatic N) is 1. The number of carbonyl (C=O) groups excluding carboxylic acids is 1. The number of thiazole rings is 1. The number of hydrogen-bond donors (Lipinski definition) is 1. The van der Waals surface area contributed by atoms with E-state index in [-0.39, 0.29) is 24.4 Å². The van der Waals surface area contributed by atoms with E-state index in [0.717, 1.165) is 22.9 Å². The molecular weight excluding hydrogens is 342 g/mol. The van der Waals surface area contributed by atoms with Gasteiger partial charge in [0.25, 0.3) is 0 Å². The minimum absolute atomic E-state index is 0.0149. The molecule has 1 heterocycles. The molecule has 0 aliphatic carbocycles. The van der Waals surface area contributed by atoms with E-state index in [1.165, 1.54) is 23.5 Å². The first-order valence-electron chi connectivity index (χ1n) is 7.74. The highest BCUT2D eigenvalue weighted by Crippen LogP contribution is 2.25. The Labute approximate surface area is 148 Å². The van der Waals surface area contributed by atoms with Crippen molar-refractivity contribution in [1.29, 1.82) is 0 Å². The lowest BCUT2D eigenvalue weighted by Gasteiger charge is -2.05. The fraction of sp³-hybridized carbons (Fsp3) is 0.158. The second kappa shape index (κ2) is 7.53. The predicted octanol–water partition coefficient (Wildman–Crippen LogP) is 4.26. The molecule has 0 saturated heterocycles. The van der Waals surface area contributed by atoms with Crippen LogP contribution in [0.4, 0.5) is 8.78 Å². The van der Waals surface area contributed by atoms with Gasteiger partial charge in [0.1, 0.15) is 16.6 Å². The summed E-state index contributed by atoms with van der Waals surface area (Å²) in [4.78, 5) is 16.5. The predicted molar refractivity (Wildman–Crippen MR) is 94.2 cm³/mol. The van der Waals surface area contributed by atoms with E-state index in [2.05, 4.69) is 10.3 Å². The van der Waals surface area contributed by atoms with Crippen molar-refractivity contribution >= 4 is 17.2 Å². The van der Waals surface area contributed by atoms with Gasteiger partial charge in [0.2, 0.25) is 5.91 Å². The van der Waals surface area contributed by atoms with Crippen molar-refractivity contribution in [1.82, 2.24) is 10.3 Å². The Morgan fingerprint density at radius 1 is 1.20 bits per heavy atom. The molecule has 3 nitrogen and oxygen atoms in total. The molecule has 0 fully saturated rings. The molecule has 0 aliphatic heterocycles. The molecule has 2 aromatic carbocycles. The Hall–Kier alpha value is -2.60. The van der Waals surface area contributed by atoms with Gasteiger partial charge in [-0.15, -0.1) is 11.3 Å². The SMILES string of the molecule is Cc1ccccc1-c1csc(CC(=O)NCc2ccc(F)cc2F)n1. The van der Waals surface area contributed by atoms with Crippen molar-refractivity contribution in [3.8, 4) is 11.3 Å². The molecule has 0 aliphatic rings. The van der Waals surface area contributed by atoms with E-state index >= 15 is 0 Å². The Morgan fingerprint density at radius 3 is 2.76 bits per heavy atom. The number of amides is 1. The van der Waals surface area contributed by atoms with Crippen LogP contribution in [0.25, 0.3) is 11.3 Å². The summed E-state index contributed by atoms with van der Waals surface area (Å²) < 4.78 is 26.4. The van der Waals surface area contributed by atoms with Crippen LogP contribution in [0, 0.1) is 18.6 Å². The molecule has 0 atom stereocenters. The minimum Gasteiger partial charge on any atom is -0.352 e. The van der Waals surface area contributed by atoms with E-state index in [0.29, 0.717) is 5.01 Å². The highest BCUT2D eigenvalue weighted by atomic mass is 32.1. The third kappa shape index (κ3) is 4.28. The van der Waals surface area contributed by atoms with Crippen LogP contribution < -0.4 is 5.32 Å². The lowest BCUT2D eigenvalue weighted by Crippen LogP contribution is -2.25. The highest BCUT2D eigenvalue weighted by molar-refractivity contribution is 7.10. The zero-order chi connectivity index (χ0) is 17.8. The average molecular weight is 358 g/mol. The quantitative estimate of drug-likeness (QED) is 0.741. The minimum atomic E-state index is -0.670. The summed E-state index contributed by atoms with van der Waals surface area (Å²) in [6.45, 7) is 2.03. The van der Waals surface area contributed by atoms with Crippen LogP contribution in [-0.4, -0.2) is 10.9 Å². The van der Waals surface area contributed by atoms with Gasteiger partial charge in [0, 0.05) is 29.1 Å². The second-order valence-electron chi connectivity index (χ2n) is 5.63. The van der Waals surface area contributed by atoms with Crippen molar-refractivity contribution in [3.63, 3.8) is 0 Å². The maximum absolute atomic E-state index is 13.6. The van der Waals surface area contributed by atoms with Crippen LogP contribution in [0.2, 0.25) is 0 Å². The Bertz CT molecular complexity index is 908. The van der Waals surface area contributed by atoms with Gasteiger partial charge in [-0.25, -0.2) is 13.8 Å². The smallest absolute Gasteiger partial charge is 0.227 e. The van der Waals surface area contributed by atoms with Crippen LogP contribution in [0.15, 0.2) is 47.8 Å². The molecule has 3 aromatic rings. The number of carbonyl (C=O) groups is 1. The molecule has 0 bridgehead atoms. The number of aryl methyl sites for hydroxylation is 1. The zero-order valence-electron chi connectivity index (χ0n) is 13.6. The van der Waals surface area contributed by atoms with Gasteiger partial charge < -0.3 is 5.32 Å². The monoisotopic (exact) mass is 358 g/mol. The first-order chi connectivity index (χ1) is 12.0. The third-order valence-electron chi connectivity index (χ3n) is 3.78. The van der Waals surface area contributed by atoms with Crippen molar-refractivity contribution < 1.29 is 13.6 Å². The maximum Gasteiger partial charge on any atom is 0.227 e. The normalized spacial score (nSPS) is 10.7. The topological polar surface area (TPSA) is 42.0 Å². The van der Waals surface area contributed by atoms with Gasteiger partial charge in [0.15, 0.2) is 0 Å². The van der Waals surface area contributed by atoms with Gasteiger partial charge >= 0.3 is 0 Å². The highest BCUT2D eigenvalue weighted by Gasteiger charge is 2.11. The average Bonchev–Trinajstić information content (AvgIpc) is 3.02. The molecule has 0 radical (unpaired) electrons. The molecule has 1 aromatic heterocycles. The van der Waals surface area contributed by atoms with E-state index in [1.54, 1.807) is 0 Å². The summed E-state index contributed by atoms with van der Waals surface area (Å²) in [5, 5.41) is 5.24. The molecule has 3 rings (SSSR count). The Kier molecular flexibility index (Phi) is 5.19. The lowest BCUT2D eigenvalue weighted by atomic mass is 10.1. The van der Waals surface area contributed by atoms with Crippen molar-refractivity contribution in [2.75, 3.05) is 0 Å². The van der Waals surface area contributed by atoms with E-state index < -0.39 is 11.6 Å². The van der Waals surface area contributed by atoms with E-state index in [4.69, 9.17) is 0 Å². The summed E-state index contributed by atoms with van der Waals surface area (Å²) in [6, 6.07) is 11.2. The first-order valence-corrected chi connectivity index (χ1v) is 8.62. The fourth-order valence-electron chi connectivity index (χ4n) is 2.43. The van der Waals surface area contributed by atoms with Crippen LogP contribution in [0.3, 0.4) is 0 Å². The summed E-state index contributed by atoms with van der Waals surface area (Å²) in [5.74, 6) is -1.56. The number of rotatable bonds is 5. The lowest BCUT2D eigenvalue weighted by molar-refractivity contribution is -0.120. The molecule has 0 unspecified atom stereocenters. The van der Waals surface area contributed by atoms with Gasteiger partial charge in [-0.3, -0.25) is 4.79 Å². The summed E-state index contributed by atoms with van der Waals surface area (Å²) >= 11 is 1.41. The second-order valence-corrected chi connectivity index (χ2v) is 6.57. The van der Waals surface area contributed by atoms with Crippen LogP contribution >= 0.6 is 11.3 Å². The zero-order valence-corrected chi connectivity index (χ0v) is 14.4. The van der Waals surface area contributed by atoms with Crippen molar-refractivity contribution in [2.24, 2.45) is 0 Å². The Morgan fingerprint density at radius 2 is 2.00 bits per heavy atom. The Balaban J connectivity index is 1.61. The standard InChI is InChI=1S/C19H16F2N2OS/c1-12-4-2-3-5-15(12)17-11-25-19(23-17)9-18(24)22-10-13-6-7-14(20)8-16(13)21/h2-8,11H,9-10H2,1H3,(H,22,24). The number of halogens is 2. The molecule has 6 heteroatoms. The van der Waals surface area contributed by atoms with Crippen molar-refractivity contribution in [3.05, 3.63) is 75.6 Å². The molecular formula is C19H16F2N2OS. The van der Waals surface area contributed by atoms with Gasteiger partial charge in [0.05, 0.1) is 12.1 Å². The van der Waals surface area contributed by atoms with Gasteiger partial charge in [-0.2, -0.15) is 0 Å². The number of hydrogen-bond acceptors (Lipinski definition) is 3. The molecule has 128 valence electrons. The summed E-state index contributed by atoms with van der Waals surface area (Å²) in [5.41, 5.74) is 3.25. The van der Waals surface area contributed by atoms with Crippen LogP contribution in [0.5, 0.6) is 0 Å². The summed E-state index contributed by atoms with van der Waals surface area (Å²) in [6.07, 6.45) is 0.124. The molecule has 0 spiro atoms. The molecule has 25 heavy (non-hydrogen) atoms. The summed E-state index contributed by atoms with van der Waals surface area (Å²) in [7, 11) is 0. The van der Waals surface area contributed by atoms with Crippen LogP contribution in [0.1, 0.15) is 16.1 Å².